The number of rotatable bonds is 4. The molecule has 0 spiro atoms. The van der Waals surface area contributed by atoms with E-state index in [1.165, 1.54) is 6.07 Å². The second-order valence-corrected chi connectivity index (χ2v) is 4.75. The Bertz CT molecular complexity index is 772. The van der Waals surface area contributed by atoms with Crippen LogP contribution >= 0.6 is 0 Å². The van der Waals surface area contributed by atoms with Gasteiger partial charge in [0.25, 0.3) is 0 Å². The summed E-state index contributed by atoms with van der Waals surface area (Å²) in [5.41, 5.74) is 1.12. The molecule has 3 rings (SSSR count). The normalized spacial score (nSPS) is 10.8. The lowest BCUT2D eigenvalue weighted by Crippen LogP contribution is -2.11. The second-order valence-electron chi connectivity index (χ2n) is 4.75. The number of fused-ring (bicyclic) bond motifs is 1. The molecule has 1 heterocycles. The number of para-hydroxylation sites is 1. The van der Waals surface area contributed by atoms with E-state index in [4.69, 9.17) is 9.15 Å². The molecule has 4 heteroatoms. The van der Waals surface area contributed by atoms with Crippen LogP contribution in [0.3, 0.4) is 0 Å². The number of benzene rings is 2. The minimum atomic E-state index is -0.449. The first-order valence-electron chi connectivity index (χ1n) is 6.55. The monoisotopic (exact) mass is 284 g/mol. The van der Waals surface area contributed by atoms with Crippen LogP contribution in [0.5, 0.6) is 5.75 Å². The summed E-state index contributed by atoms with van der Waals surface area (Å²) in [6.07, 6.45) is 0. The number of hydrogen-bond donors (Lipinski definition) is 0. The Kier molecular flexibility index (Phi) is 3.44. The maximum Gasteiger partial charge on any atom is 0.235 e. The van der Waals surface area contributed by atoms with Crippen LogP contribution in [-0.2, 0) is 0 Å². The number of ketones is 1. The Labute approximate surface area is 120 Å². The van der Waals surface area contributed by atoms with Crippen molar-refractivity contribution in [3.8, 4) is 5.75 Å². The quantitative estimate of drug-likeness (QED) is 0.676. The average molecular weight is 284 g/mol. The van der Waals surface area contributed by atoms with E-state index in [1.807, 2.05) is 18.2 Å². The van der Waals surface area contributed by atoms with Crippen LogP contribution in [0.25, 0.3) is 11.0 Å². The zero-order valence-electron chi connectivity index (χ0n) is 11.4. The van der Waals surface area contributed by atoms with Crippen LogP contribution in [0.15, 0.2) is 52.9 Å². The van der Waals surface area contributed by atoms with Crippen LogP contribution in [-0.4, -0.2) is 12.4 Å². The molecule has 0 N–H and O–H groups in total. The van der Waals surface area contributed by atoms with Gasteiger partial charge in [0.1, 0.15) is 5.58 Å². The molecule has 3 aromatic rings. The van der Waals surface area contributed by atoms with Crippen LogP contribution < -0.4 is 4.74 Å². The SMILES string of the molecule is Cc1cccc(OCC(=O)c2cc3ccccc3o2)c1F. The van der Waals surface area contributed by atoms with Crippen molar-refractivity contribution in [3.05, 3.63) is 65.7 Å². The molecule has 106 valence electrons. The molecule has 0 aliphatic heterocycles. The number of carbonyl (C=O) groups is 1. The Morgan fingerprint density at radius 2 is 2.00 bits per heavy atom. The molecule has 0 bridgehead atoms. The van der Waals surface area contributed by atoms with Gasteiger partial charge in [0, 0.05) is 5.39 Å². The van der Waals surface area contributed by atoms with Gasteiger partial charge in [-0.1, -0.05) is 30.3 Å². The summed E-state index contributed by atoms with van der Waals surface area (Å²) in [6, 6.07) is 13.8. The Morgan fingerprint density at radius 3 is 2.81 bits per heavy atom. The zero-order chi connectivity index (χ0) is 14.8. The summed E-state index contributed by atoms with van der Waals surface area (Å²) in [6.45, 7) is 1.38. The number of halogens is 1. The lowest BCUT2D eigenvalue weighted by Gasteiger charge is -2.06. The minimum absolute atomic E-state index is 0.0689. The summed E-state index contributed by atoms with van der Waals surface area (Å²) in [7, 11) is 0. The first kappa shape index (κ1) is 13.4. The molecule has 0 aliphatic carbocycles. The predicted molar refractivity (Wildman–Crippen MR) is 77.2 cm³/mol. The molecule has 0 aliphatic rings. The fraction of sp³-hybridized carbons (Fsp3) is 0.118. The first-order valence-corrected chi connectivity index (χ1v) is 6.55. The molecule has 1 aromatic heterocycles. The van der Waals surface area contributed by atoms with Gasteiger partial charge >= 0.3 is 0 Å². The number of ether oxygens (including phenoxy) is 1. The van der Waals surface area contributed by atoms with Gasteiger partial charge < -0.3 is 9.15 Å². The molecule has 0 atom stereocenters. The molecule has 3 nitrogen and oxygen atoms in total. The molecule has 0 saturated heterocycles. The first-order chi connectivity index (χ1) is 10.1. The van der Waals surface area contributed by atoms with Gasteiger partial charge in [-0.3, -0.25) is 4.79 Å². The third-order valence-corrected chi connectivity index (χ3v) is 3.22. The van der Waals surface area contributed by atoms with E-state index in [9.17, 15) is 9.18 Å². The van der Waals surface area contributed by atoms with Crippen molar-refractivity contribution in [1.29, 1.82) is 0 Å². The fourth-order valence-corrected chi connectivity index (χ4v) is 2.07. The van der Waals surface area contributed by atoms with Gasteiger partial charge in [0.15, 0.2) is 23.9 Å². The third kappa shape index (κ3) is 2.65. The largest absolute Gasteiger partial charge is 0.482 e. The molecule has 0 unspecified atom stereocenters. The highest BCUT2D eigenvalue weighted by atomic mass is 19.1. The topological polar surface area (TPSA) is 39.4 Å². The lowest BCUT2D eigenvalue weighted by atomic mass is 10.2. The number of hydrogen-bond acceptors (Lipinski definition) is 3. The van der Waals surface area contributed by atoms with E-state index in [0.717, 1.165) is 5.39 Å². The summed E-state index contributed by atoms with van der Waals surface area (Å²) in [5, 5.41) is 0.850. The third-order valence-electron chi connectivity index (χ3n) is 3.22. The van der Waals surface area contributed by atoms with Crippen molar-refractivity contribution in [2.75, 3.05) is 6.61 Å². The van der Waals surface area contributed by atoms with Gasteiger partial charge in [-0.15, -0.1) is 0 Å². The van der Waals surface area contributed by atoms with Crippen molar-refractivity contribution < 1.29 is 18.3 Å². The molecular weight excluding hydrogens is 271 g/mol. The molecule has 2 aromatic carbocycles. The second kappa shape index (κ2) is 5.40. The van der Waals surface area contributed by atoms with Gasteiger partial charge in [0.05, 0.1) is 0 Å². The summed E-state index contributed by atoms with van der Waals surface area (Å²) >= 11 is 0. The standard InChI is InChI=1S/C17H13FO3/c1-11-5-4-8-15(17(11)18)20-10-13(19)16-9-12-6-2-3-7-14(12)21-16/h2-9H,10H2,1H3. The van der Waals surface area contributed by atoms with E-state index in [2.05, 4.69) is 0 Å². The lowest BCUT2D eigenvalue weighted by molar-refractivity contribution is 0.0893. The van der Waals surface area contributed by atoms with E-state index in [-0.39, 0.29) is 23.9 Å². The van der Waals surface area contributed by atoms with Crippen LogP contribution in [0, 0.1) is 12.7 Å². The van der Waals surface area contributed by atoms with Gasteiger partial charge in [-0.2, -0.15) is 0 Å². The van der Waals surface area contributed by atoms with E-state index >= 15 is 0 Å². The van der Waals surface area contributed by atoms with Crippen molar-refractivity contribution in [2.24, 2.45) is 0 Å². The molecule has 0 saturated carbocycles. The minimum Gasteiger partial charge on any atom is -0.482 e. The zero-order valence-corrected chi connectivity index (χ0v) is 11.4. The highest BCUT2D eigenvalue weighted by Gasteiger charge is 2.14. The van der Waals surface area contributed by atoms with Crippen molar-refractivity contribution in [2.45, 2.75) is 6.92 Å². The fourth-order valence-electron chi connectivity index (χ4n) is 2.07. The Morgan fingerprint density at radius 1 is 1.19 bits per heavy atom. The van der Waals surface area contributed by atoms with Crippen molar-refractivity contribution in [3.63, 3.8) is 0 Å². The average Bonchev–Trinajstić information content (AvgIpc) is 2.92. The molecule has 0 fully saturated rings. The smallest absolute Gasteiger partial charge is 0.235 e. The van der Waals surface area contributed by atoms with Crippen molar-refractivity contribution in [1.82, 2.24) is 0 Å². The van der Waals surface area contributed by atoms with Gasteiger partial charge in [0.2, 0.25) is 5.78 Å². The van der Waals surface area contributed by atoms with Crippen LogP contribution in [0.2, 0.25) is 0 Å². The number of furan rings is 1. The van der Waals surface area contributed by atoms with E-state index < -0.39 is 5.82 Å². The summed E-state index contributed by atoms with van der Waals surface area (Å²) in [4.78, 5) is 12.0. The number of Topliss-reactive ketones (excluding diaryl/α,β-unsaturated/α-hetero) is 1. The van der Waals surface area contributed by atoms with Gasteiger partial charge in [-0.25, -0.2) is 4.39 Å². The molecule has 21 heavy (non-hydrogen) atoms. The van der Waals surface area contributed by atoms with Crippen LogP contribution in [0.1, 0.15) is 16.1 Å². The Balaban J connectivity index is 1.76. The highest BCUT2D eigenvalue weighted by molar-refractivity contribution is 5.98. The highest BCUT2D eigenvalue weighted by Crippen LogP contribution is 2.21. The predicted octanol–water partition coefficient (Wildman–Crippen LogP) is 4.14. The van der Waals surface area contributed by atoms with Gasteiger partial charge in [-0.05, 0) is 30.7 Å². The summed E-state index contributed by atoms with van der Waals surface area (Å²) < 4.78 is 24.5. The molecular formula is C17H13FO3. The maximum atomic E-state index is 13.8. The van der Waals surface area contributed by atoms with Crippen LogP contribution in [0.4, 0.5) is 4.39 Å². The maximum absolute atomic E-state index is 13.8. The molecule has 0 radical (unpaired) electrons. The van der Waals surface area contributed by atoms with Crippen molar-refractivity contribution >= 4 is 16.8 Å². The van der Waals surface area contributed by atoms with E-state index in [0.29, 0.717) is 11.1 Å². The number of carbonyl (C=O) groups excluding carboxylic acids is 1. The van der Waals surface area contributed by atoms with E-state index in [1.54, 1.807) is 31.2 Å². The number of aryl methyl sites for hydroxylation is 1. The molecule has 0 amide bonds. The summed E-state index contributed by atoms with van der Waals surface area (Å²) in [5.74, 6) is -0.495. The Hall–Kier alpha value is -2.62.